The molecule has 1 N–H and O–H groups in total. The maximum atomic E-state index is 9.44. The van der Waals surface area contributed by atoms with Crippen LogP contribution in [-0.2, 0) is 6.54 Å². The maximum absolute atomic E-state index is 9.44. The van der Waals surface area contributed by atoms with Crippen LogP contribution in [0.15, 0.2) is 79.1 Å². The number of benzene rings is 3. The summed E-state index contributed by atoms with van der Waals surface area (Å²) in [4.78, 5) is 14.5. The highest BCUT2D eigenvalue weighted by Gasteiger charge is 2.54. The fourth-order valence-corrected chi connectivity index (χ4v) is 7.05. The number of hydrogen-bond donors (Lipinski definition) is 1. The average molecular weight is 505 g/mol. The lowest BCUT2D eigenvalue weighted by molar-refractivity contribution is 0.217. The molecule has 0 amide bonds. The Hall–Kier alpha value is -3.28. The summed E-state index contributed by atoms with van der Waals surface area (Å²) in [5.41, 5.74) is 5.97. The molecular formula is C33H36N4O. The van der Waals surface area contributed by atoms with Crippen molar-refractivity contribution in [3.05, 3.63) is 84.7 Å². The molecule has 5 nitrogen and oxygen atoms in total. The lowest BCUT2D eigenvalue weighted by Gasteiger charge is -2.36. The van der Waals surface area contributed by atoms with E-state index in [0.29, 0.717) is 18.6 Å². The van der Waals surface area contributed by atoms with E-state index in [1.807, 2.05) is 0 Å². The number of aromatic nitrogens is 2. The predicted octanol–water partition coefficient (Wildman–Crippen LogP) is 6.44. The van der Waals surface area contributed by atoms with Gasteiger partial charge in [-0.15, -0.1) is 0 Å². The van der Waals surface area contributed by atoms with Gasteiger partial charge in [-0.1, -0.05) is 67.8 Å². The Kier molecular flexibility index (Phi) is 6.34. The fourth-order valence-electron chi connectivity index (χ4n) is 7.05. The predicted molar refractivity (Wildman–Crippen MR) is 153 cm³/mol. The van der Waals surface area contributed by atoms with Gasteiger partial charge in [-0.3, -0.25) is 4.90 Å². The molecule has 2 unspecified atom stereocenters. The summed E-state index contributed by atoms with van der Waals surface area (Å²) in [6.45, 7) is 3.61. The van der Waals surface area contributed by atoms with Crippen molar-refractivity contribution in [2.75, 3.05) is 24.6 Å². The number of likely N-dealkylation sites (tertiary alicyclic amines) is 1. The van der Waals surface area contributed by atoms with Gasteiger partial charge in [0.05, 0.1) is 5.52 Å². The van der Waals surface area contributed by atoms with Gasteiger partial charge in [-0.05, 0) is 71.6 Å². The number of anilines is 2. The van der Waals surface area contributed by atoms with Crippen molar-refractivity contribution in [2.24, 2.45) is 17.8 Å². The quantitative estimate of drug-likeness (QED) is 0.314. The SMILES string of the molecule is OCC1C2CN(Cc3ccc(-c4ccc5ncnc(N(c6ccccc6)C6CCCCC6)c5c4)cc3)CC12. The smallest absolute Gasteiger partial charge is 0.144 e. The third-order valence-electron chi connectivity index (χ3n) is 9.17. The molecular weight excluding hydrogens is 468 g/mol. The largest absolute Gasteiger partial charge is 0.396 e. The van der Waals surface area contributed by atoms with Gasteiger partial charge in [0.1, 0.15) is 12.1 Å². The Bertz CT molecular complexity index is 1390. The molecule has 7 rings (SSSR count). The molecule has 5 heteroatoms. The highest BCUT2D eigenvalue weighted by Crippen LogP contribution is 2.51. The number of hydrogen-bond acceptors (Lipinski definition) is 5. The highest BCUT2D eigenvalue weighted by molar-refractivity contribution is 5.94. The van der Waals surface area contributed by atoms with E-state index in [2.05, 4.69) is 87.6 Å². The molecule has 3 aliphatic rings. The van der Waals surface area contributed by atoms with E-state index >= 15 is 0 Å². The molecule has 2 saturated carbocycles. The summed E-state index contributed by atoms with van der Waals surface area (Å²) >= 11 is 0. The molecule has 4 aromatic rings. The van der Waals surface area contributed by atoms with Crippen LogP contribution in [0.25, 0.3) is 22.0 Å². The summed E-state index contributed by atoms with van der Waals surface area (Å²) in [6, 6.07) is 26.9. The van der Waals surface area contributed by atoms with Crippen LogP contribution in [0.2, 0.25) is 0 Å². The van der Waals surface area contributed by atoms with Crippen molar-refractivity contribution >= 4 is 22.4 Å². The van der Waals surface area contributed by atoms with E-state index in [1.165, 1.54) is 54.5 Å². The van der Waals surface area contributed by atoms with Crippen LogP contribution in [0.1, 0.15) is 37.7 Å². The van der Waals surface area contributed by atoms with Crippen molar-refractivity contribution in [3.8, 4) is 11.1 Å². The number of rotatable bonds is 7. The van der Waals surface area contributed by atoms with Crippen LogP contribution in [0.4, 0.5) is 11.5 Å². The summed E-state index contributed by atoms with van der Waals surface area (Å²) in [7, 11) is 0. The molecule has 2 atom stereocenters. The van der Waals surface area contributed by atoms with Crippen LogP contribution < -0.4 is 4.90 Å². The van der Waals surface area contributed by atoms with E-state index < -0.39 is 0 Å². The van der Waals surface area contributed by atoms with Gasteiger partial charge in [0.25, 0.3) is 0 Å². The minimum atomic E-state index is 0.361. The van der Waals surface area contributed by atoms with Gasteiger partial charge in [0.15, 0.2) is 0 Å². The van der Waals surface area contributed by atoms with Crippen LogP contribution in [-0.4, -0.2) is 45.7 Å². The molecule has 1 aromatic heterocycles. The molecule has 2 heterocycles. The van der Waals surface area contributed by atoms with Crippen molar-refractivity contribution in [3.63, 3.8) is 0 Å². The lowest BCUT2D eigenvalue weighted by atomic mass is 9.93. The van der Waals surface area contributed by atoms with E-state index in [9.17, 15) is 5.11 Å². The Morgan fingerprint density at radius 1 is 0.816 bits per heavy atom. The van der Waals surface area contributed by atoms with Gasteiger partial charge < -0.3 is 10.0 Å². The molecule has 0 bridgehead atoms. The van der Waals surface area contributed by atoms with E-state index in [-0.39, 0.29) is 0 Å². The average Bonchev–Trinajstić information content (AvgIpc) is 3.46. The van der Waals surface area contributed by atoms with Gasteiger partial charge in [-0.2, -0.15) is 0 Å². The van der Waals surface area contributed by atoms with Crippen LogP contribution in [0.5, 0.6) is 0 Å². The number of aliphatic hydroxyl groups is 1. The number of piperidine rings is 1. The first-order valence-corrected chi connectivity index (χ1v) is 14.3. The summed E-state index contributed by atoms with van der Waals surface area (Å²) in [5.74, 6) is 3.02. The Balaban J connectivity index is 1.18. The Labute approximate surface area is 225 Å². The van der Waals surface area contributed by atoms with Gasteiger partial charge in [-0.25, -0.2) is 9.97 Å². The first-order chi connectivity index (χ1) is 18.8. The van der Waals surface area contributed by atoms with E-state index in [0.717, 1.165) is 48.2 Å². The number of aliphatic hydroxyl groups excluding tert-OH is 1. The lowest BCUT2D eigenvalue weighted by Crippen LogP contribution is -2.33. The molecule has 3 aromatic carbocycles. The summed E-state index contributed by atoms with van der Waals surface area (Å²) < 4.78 is 0. The Morgan fingerprint density at radius 2 is 1.55 bits per heavy atom. The summed E-state index contributed by atoms with van der Waals surface area (Å²) in [5, 5.41) is 10.5. The van der Waals surface area contributed by atoms with Gasteiger partial charge in [0.2, 0.25) is 0 Å². The second-order valence-corrected chi connectivity index (χ2v) is 11.5. The monoisotopic (exact) mass is 504 g/mol. The van der Waals surface area contributed by atoms with Crippen molar-refractivity contribution < 1.29 is 5.11 Å². The van der Waals surface area contributed by atoms with Crippen LogP contribution >= 0.6 is 0 Å². The first kappa shape index (κ1) is 23.8. The minimum absolute atomic E-state index is 0.361. The third kappa shape index (κ3) is 4.48. The van der Waals surface area contributed by atoms with Crippen molar-refractivity contribution in [1.82, 2.24) is 14.9 Å². The number of para-hydroxylation sites is 1. The zero-order valence-corrected chi connectivity index (χ0v) is 21.9. The summed E-state index contributed by atoms with van der Waals surface area (Å²) in [6.07, 6.45) is 7.98. The van der Waals surface area contributed by atoms with Crippen LogP contribution in [0.3, 0.4) is 0 Å². The topological polar surface area (TPSA) is 52.5 Å². The molecule has 0 radical (unpaired) electrons. The second-order valence-electron chi connectivity index (χ2n) is 11.5. The van der Waals surface area contributed by atoms with E-state index in [1.54, 1.807) is 6.33 Å². The van der Waals surface area contributed by atoms with Gasteiger partial charge in [0, 0.05) is 43.4 Å². The second kappa shape index (κ2) is 10.1. The molecule has 1 saturated heterocycles. The molecule has 1 aliphatic heterocycles. The minimum Gasteiger partial charge on any atom is -0.396 e. The third-order valence-corrected chi connectivity index (χ3v) is 9.17. The number of fused-ring (bicyclic) bond motifs is 2. The van der Waals surface area contributed by atoms with Crippen LogP contribution in [0, 0.1) is 17.8 Å². The molecule has 3 fully saturated rings. The van der Waals surface area contributed by atoms with E-state index in [4.69, 9.17) is 4.98 Å². The maximum Gasteiger partial charge on any atom is 0.144 e. The normalized spacial score (nSPS) is 23.4. The first-order valence-electron chi connectivity index (χ1n) is 14.3. The van der Waals surface area contributed by atoms with Crippen molar-refractivity contribution in [2.45, 2.75) is 44.7 Å². The highest BCUT2D eigenvalue weighted by atomic mass is 16.3. The zero-order chi connectivity index (χ0) is 25.5. The molecule has 194 valence electrons. The van der Waals surface area contributed by atoms with Gasteiger partial charge >= 0.3 is 0 Å². The zero-order valence-electron chi connectivity index (χ0n) is 21.9. The molecule has 0 spiro atoms. The van der Waals surface area contributed by atoms with Crippen molar-refractivity contribution in [1.29, 1.82) is 0 Å². The standard InChI is InChI=1S/C33H36N4O/c38-21-31-29-19-36(20-30(29)31)18-23-11-13-24(14-12-23)25-15-16-32-28(17-25)33(35-22-34-32)37(26-7-3-1-4-8-26)27-9-5-2-6-10-27/h1,3-4,7-8,11-17,22,27,29-31,38H,2,5-6,9-10,18-21H2. The number of nitrogens with zero attached hydrogens (tertiary/aromatic N) is 4. The molecule has 2 aliphatic carbocycles. The fraction of sp³-hybridized carbons (Fsp3) is 0.394. The molecule has 38 heavy (non-hydrogen) atoms. The Morgan fingerprint density at radius 3 is 2.29 bits per heavy atom.